The van der Waals surface area contributed by atoms with Gasteiger partial charge in [0.25, 0.3) is 10.0 Å². The highest BCUT2D eigenvalue weighted by molar-refractivity contribution is 7.92. The fourth-order valence-electron chi connectivity index (χ4n) is 4.24. The van der Waals surface area contributed by atoms with Crippen LogP contribution in [0.5, 0.6) is 0 Å². The molecule has 2 N–H and O–H groups in total. The first-order valence-corrected chi connectivity index (χ1v) is 12.9. The van der Waals surface area contributed by atoms with Crippen LogP contribution in [0.4, 0.5) is 11.4 Å². The van der Waals surface area contributed by atoms with E-state index in [1.807, 2.05) is 57.2 Å². The van der Waals surface area contributed by atoms with Crippen molar-refractivity contribution in [2.24, 2.45) is 0 Å². The van der Waals surface area contributed by atoms with Gasteiger partial charge in [-0.15, -0.1) is 0 Å². The molecule has 178 valence electrons. The minimum atomic E-state index is -3.76. The molecule has 0 amide bonds. The van der Waals surface area contributed by atoms with Crippen molar-refractivity contribution in [1.29, 1.82) is 0 Å². The number of hydrogen-bond acceptors (Lipinski definition) is 5. The van der Waals surface area contributed by atoms with Gasteiger partial charge in [-0.1, -0.05) is 30.3 Å². The first-order valence-electron chi connectivity index (χ1n) is 11.4. The number of benzene rings is 3. The highest BCUT2D eigenvalue weighted by Crippen LogP contribution is 2.42. The standard InChI is InChI=1S/C27H30N2O4S/c1-5-33-27-16-26(21-9-7-20(8-10-21)19(4)30)28-25-13-12-23(15-24(25)27)34(31,32)29-22-11-6-17(2)18(3)14-22/h6-15,26-29H,5,16H2,1-4H3/t26-,27?/m0/s1. The molecule has 6 nitrogen and oxygen atoms in total. The van der Waals surface area contributed by atoms with E-state index in [0.29, 0.717) is 24.3 Å². The Labute approximate surface area is 201 Å². The summed E-state index contributed by atoms with van der Waals surface area (Å²) in [6.45, 7) is 7.94. The molecule has 3 aromatic rings. The first kappa shape index (κ1) is 24.0. The minimum Gasteiger partial charge on any atom is -0.378 e. The Morgan fingerprint density at radius 1 is 1.03 bits per heavy atom. The Hall–Kier alpha value is -3.16. The molecule has 1 heterocycles. The van der Waals surface area contributed by atoms with Crippen LogP contribution in [0.15, 0.2) is 65.6 Å². The third-order valence-electron chi connectivity index (χ3n) is 6.31. The van der Waals surface area contributed by atoms with Crippen LogP contribution in [0.3, 0.4) is 0 Å². The molecule has 0 bridgehead atoms. The maximum Gasteiger partial charge on any atom is 0.261 e. The number of ether oxygens (including phenoxy) is 1. The minimum absolute atomic E-state index is 0.0128. The molecule has 4 rings (SSSR count). The topological polar surface area (TPSA) is 84.5 Å². The lowest BCUT2D eigenvalue weighted by Gasteiger charge is -2.33. The maximum atomic E-state index is 13.1. The molecule has 3 aromatic carbocycles. The van der Waals surface area contributed by atoms with Crippen LogP contribution in [-0.4, -0.2) is 20.8 Å². The molecule has 0 spiro atoms. The number of rotatable bonds is 7. The number of fused-ring (bicyclic) bond motifs is 1. The Morgan fingerprint density at radius 3 is 2.41 bits per heavy atom. The van der Waals surface area contributed by atoms with Crippen molar-refractivity contribution in [3.8, 4) is 0 Å². The van der Waals surface area contributed by atoms with Crippen LogP contribution in [0.25, 0.3) is 0 Å². The fourth-order valence-corrected chi connectivity index (χ4v) is 5.33. The van der Waals surface area contributed by atoms with Crippen LogP contribution in [0, 0.1) is 13.8 Å². The third kappa shape index (κ3) is 5.00. The molecule has 0 aliphatic carbocycles. The predicted octanol–water partition coefficient (Wildman–Crippen LogP) is 5.94. The number of ketones is 1. The molecule has 0 saturated heterocycles. The average molecular weight is 479 g/mol. The molecule has 1 unspecified atom stereocenters. The van der Waals surface area contributed by atoms with Gasteiger partial charge in [0.1, 0.15) is 0 Å². The summed E-state index contributed by atoms with van der Waals surface area (Å²) in [5, 5.41) is 3.51. The van der Waals surface area contributed by atoms with E-state index in [1.165, 1.54) is 0 Å². The molecular weight excluding hydrogens is 448 g/mol. The van der Waals surface area contributed by atoms with Crippen LogP contribution in [0.2, 0.25) is 0 Å². The van der Waals surface area contributed by atoms with Crippen molar-refractivity contribution in [2.75, 3.05) is 16.6 Å². The summed E-state index contributed by atoms with van der Waals surface area (Å²) in [5.74, 6) is 0.0313. The first-order chi connectivity index (χ1) is 16.2. The van der Waals surface area contributed by atoms with E-state index in [2.05, 4.69) is 10.0 Å². The SMILES string of the molecule is CCOC1C[C@@H](c2ccc(C(C)=O)cc2)Nc2ccc(S(=O)(=O)Nc3ccc(C)c(C)c3)cc21. The quantitative estimate of drug-likeness (QED) is 0.411. The Kier molecular flexibility index (Phi) is 6.77. The number of Topliss-reactive ketones (excluding diaryl/α,β-unsaturated/α-hetero) is 1. The average Bonchev–Trinajstić information content (AvgIpc) is 2.81. The summed E-state index contributed by atoms with van der Waals surface area (Å²) in [6.07, 6.45) is 0.393. The maximum absolute atomic E-state index is 13.1. The number of nitrogens with one attached hydrogen (secondary N) is 2. The monoisotopic (exact) mass is 478 g/mol. The molecule has 0 fully saturated rings. The van der Waals surface area contributed by atoms with E-state index < -0.39 is 10.0 Å². The van der Waals surface area contributed by atoms with Crippen molar-refractivity contribution in [2.45, 2.75) is 51.2 Å². The smallest absolute Gasteiger partial charge is 0.261 e. The summed E-state index contributed by atoms with van der Waals surface area (Å²) in [5.41, 5.74) is 6.05. The molecule has 34 heavy (non-hydrogen) atoms. The number of carbonyl (C=O) groups excluding carboxylic acids is 1. The Balaban J connectivity index is 1.62. The number of hydrogen-bond donors (Lipinski definition) is 2. The van der Waals surface area contributed by atoms with Gasteiger partial charge in [-0.25, -0.2) is 8.42 Å². The molecule has 0 aromatic heterocycles. The predicted molar refractivity (Wildman–Crippen MR) is 135 cm³/mol. The van der Waals surface area contributed by atoms with E-state index in [0.717, 1.165) is 27.9 Å². The van der Waals surface area contributed by atoms with Gasteiger partial charge in [-0.3, -0.25) is 9.52 Å². The zero-order valence-electron chi connectivity index (χ0n) is 19.9. The van der Waals surface area contributed by atoms with E-state index in [9.17, 15) is 13.2 Å². The summed E-state index contributed by atoms with van der Waals surface area (Å²) in [4.78, 5) is 11.8. The van der Waals surface area contributed by atoms with Crippen LogP contribution in [-0.2, 0) is 14.8 Å². The summed E-state index contributed by atoms with van der Waals surface area (Å²) < 4.78 is 35.0. The van der Waals surface area contributed by atoms with Gasteiger partial charge in [0.2, 0.25) is 0 Å². The van der Waals surface area contributed by atoms with Crippen LogP contribution in [0.1, 0.15) is 65.0 Å². The van der Waals surface area contributed by atoms with Crippen LogP contribution < -0.4 is 10.0 Å². The van der Waals surface area contributed by atoms with E-state index in [4.69, 9.17) is 4.74 Å². The lowest BCUT2D eigenvalue weighted by atomic mass is 9.90. The number of carbonyl (C=O) groups is 1. The summed E-state index contributed by atoms with van der Waals surface area (Å²) >= 11 is 0. The second kappa shape index (κ2) is 9.60. The molecule has 1 aliphatic rings. The van der Waals surface area contributed by atoms with Gasteiger partial charge in [0, 0.05) is 35.5 Å². The number of anilines is 2. The Bertz CT molecular complexity index is 1320. The fraction of sp³-hybridized carbons (Fsp3) is 0.296. The van der Waals surface area contributed by atoms with Crippen molar-refractivity contribution in [3.05, 3.63) is 88.5 Å². The highest BCUT2D eigenvalue weighted by atomic mass is 32.2. The van der Waals surface area contributed by atoms with Gasteiger partial charge in [0.05, 0.1) is 17.0 Å². The van der Waals surface area contributed by atoms with Crippen molar-refractivity contribution < 1.29 is 17.9 Å². The summed E-state index contributed by atoms with van der Waals surface area (Å²) in [7, 11) is -3.76. The van der Waals surface area contributed by atoms with Gasteiger partial charge < -0.3 is 10.1 Å². The molecule has 0 radical (unpaired) electrons. The third-order valence-corrected chi connectivity index (χ3v) is 7.69. The molecule has 0 saturated carbocycles. The lowest BCUT2D eigenvalue weighted by Crippen LogP contribution is -2.24. The molecule has 2 atom stereocenters. The number of sulfonamides is 1. The lowest BCUT2D eigenvalue weighted by molar-refractivity contribution is 0.0497. The second-order valence-electron chi connectivity index (χ2n) is 8.71. The van der Waals surface area contributed by atoms with Gasteiger partial charge >= 0.3 is 0 Å². The largest absolute Gasteiger partial charge is 0.378 e. The molecular formula is C27H30N2O4S. The van der Waals surface area contributed by atoms with E-state index in [1.54, 1.807) is 31.2 Å². The molecule has 7 heteroatoms. The van der Waals surface area contributed by atoms with Crippen molar-refractivity contribution >= 4 is 27.2 Å². The molecule has 1 aliphatic heterocycles. The zero-order chi connectivity index (χ0) is 24.5. The summed E-state index contributed by atoms with van der Waals surface area (Å²) in [6, 6.07) is 18.2. The van der Waals surface area contributed by atoms with Crippen molar-refractivity contribution in [3.63, 3.8) is 0 Å². The van der Waals surface area contributed by atoms with E-state index >= 15 is 0 Å². The second-order valence-corrected chi connectivity index (χ2v) is 10.4. The van der Waals surface area contributed by atoms with Crippen LogP contribution >= 0.6 is 0 Å². The zero-order valence-corrected chi connectivity index (χ0v) is 20.7. The normalized spacial score (nSPS) is 17.5. The Morgan fingerprint density at radius 2 is 1.76 bits per heavy atom. The van der Waals surface area contributed by atoms with Gasteiger partial charge in [-0.2, -0.15) is 0 Å². The highest BCUT2D eigenvalue weighted by Gasteiger charge is 2.30. The van der Waals surface area contributed by atoms with Gasteiger partial charge in [0.15, 0.2) is 5.78 Å². The van der Waals surface area contributed by atoms with E-state index in [-0.39, 0.29) is 22.8 Å². The number of aryl methyl sites for hydroxylation is 2. The van der Waals surface area contributed by atoms with Gasteiger partial charge in [-0.05, 0) is 74.7 Å². The van der Waals surface area contributed by atoms with Crippen molar-refractivity contribution in [1.82, 2.24) is 0 Å².